The maximum absolute atomic E-state index is 12.5. The fourth-order valence-electron chi connectivity index (χ4n) is 2.61. The number of hydrogen-bond acceptors (Lipinski definition) is 4. The molecular weight excluding hydrogens is 266 g/mol. The van der Waals surface area contributed by atoms with Crippen LogP contribution in [0.3, 0.4) is 0 Å². The number of amides is 1. The van der Waals surface area contributed by atoms with Crippen molar-refractivity contribution in [1.29, 1.82) is 0 Å². The van der Waals surface area contributed by atoms with E-state index in [2.05, 4.69) is 16.9 Å². The second-order valence-corrected chi connectivity index (χ2v) is 5.32. The molecular formula is C16H23N3O2. The third kappa shape index (κ3) is 4.29. The number of hydrogen-bond donors (Lipinski definition) is 1. The lowest BCUT2D eigenvalue weighted by Gasteiger charge is -2.32. The van der Waals surface area contributed by atoms with Gasteiger partial charge in [0.15, 0.2) is 0 Å². The highest BCUT2D eigenvalue weighted by Gasteiger charge is 2.24. The molecule has 1 fully saturated rings. The Kier molecular flexibility index (Phi) is 5.75. The van der Waals surface area contributed by atoms with Gasteiger partial charge in [0, 0.05) is 32.9 Å². The molecule has 0 unspecified atom stereocenters. The molecule has 0 saturated carbocycles. The van der Waals surface area contributed by atoms with Gasteiger partial charge in [-0.15, -0.1) is 6.58 Å². The third-order valence-corrected chi connectivity index (χ3v) is 3.65. The van der Waals surface area contributed by atoms with Crippen molar-refractivity contribution >= 4 is 11.7 Å². The normalized spacial score (nSPS) is 18.3. The molecule has 0 spiro atoms. The lowest BCUT2D eigenvalue weighted by atomic mass is 9.98. The standard InChI is InChI=1S/C16H23N3O2/c1-3-8-17-15-7-6-14(10-18-15)16(20)19-9-4-5-13(11-19)12-21-2/h3,6-7,10,13H,1,4-5,8-9,11-12H2,2H3,(H,17,18)/t13-/m0/s1. The Morgan fingerprint density at radius 1 is 1.62 bits per heavy atom. The lowest BCUT2D eigenvalue weighted by molar-refractivity contribution is 0.0570. The van der Waals surface area contributed by atoms with Crippen molar-refractivity contribution < 1.29 is 9.53 Å². The minimum absolute atomic E-state index is 0.0542. The molecule has 1 aromatic heterocycles. The average Bonchev–Trinajstić information content (AvgIpc) is 2.53. The van der Waals surface area contributed by atoms with Crippen LogP contribution in [0.15, 0.2) is 31.0 Å². The Labute approximate surface area is 126 Å². The second-order valence-electron chi connectivity index (χ2n) is 5.32. The largest absolute Gasteiger partial charge is 0.384 e. The van der Waals surface area contributed by atoms with Gasteiger partial charge in [0.1, 0.15) is 5.82 Å². The van der Waals surface area contributed by atoms with Crippen LogP contribution in [-0.4, -0.2) is 49.1 Å². The van der Waals surface area contributed by atoms with Crippen LogP contribution in [0.5, 0.6) is 0 Å². The Bertz CT molecular complexity index is 471. The van der Waals surface area contributed by atoms with E-state index in [9.17, 15) is 4.79 Å². The zero-order valence-electron chi connectivity index (χ0n) is 12.5. The van der Waals surface area contributed by atoms with E-state index < -0.39 is 0 Å². The number of piperidine rings is 1. The van der Waals surface area contributed by atoms with E-state index in [1.54, 1.807) is 19.4 Å². The molecule has 0 aromatic carbocycles. The van der Waals surface area contributed by atoms with Gasteiger partial charge in [-0.1, -0.05) is 6.08 Å². The monoisotopic (exact) mass is 289 g/mol. The van der Waals surface area contributed by atoms with Gasteiger partial charge in [0.25, 0.3) is 5.91 Å². The molecule has 5 nitrogen and oxygen atoms in total. The first kappa shape index (κ1) is 15.5. The Morgan fingerprint density at radius 3 is 3.14 bits per heavy atom. The zero-order valence-corrected chi connectivity index (χ0v) is 12.5. The van der Waals surface area contributed by atoms with Crippen LogP contribution in [0, 0.1) is 5.92 Å². The van der Waals surface area contributed by atoms with Crippen LogP contribution < -0.4 is 5.32 Å². The first-order chi connectivity index (χ1) is 10.2. The molecule has 0 aliphatic carbocycles. The van der Waals surface area contributed by atoms with E-state index in [0.29, 0.717) is 24.6 Å². The molecule has 114 valence electrons. The molecule has 5 heteroatoms. The lowest BCUT2D eigenvalue weighted by Crippen LogP contribution is -2.41. The summed E-state index contributed by atoms with van der Waals surface area (Å²) >= 11 is 0. The summed E-state index contributed by atoms with van der Waals surface area (Å²) in [5.74, 6) is 1.25. The summed E-state index contributed by atoms with van der Waals surface area (Å²) in [6.07, 6.45) is 5.56. The number of rotatable bonds is 6. The van der Waals surface area contributed by atoms with Crippen molar-refractivity contribution in [1.82, 2.24) is 9.88 Å². The summed E-state index contributed by atoms with van der Waals surface area (Å²) in [5.41, 5.74) is 0.636. The molecule has 1 atom stereocenters. The van der Waals surface area contributed by atoms with Gasteiger partial charge >= 0.3 is 0 Å². The Hall–Kier alpha value is -1.88. The van der Waals surface area contributed by atoms with Gasteiger partial charge in [-0.3, -0.25) is 4.79 Å². The quantitative estimate of drug-likeness (QED) is 0.816. The number of carbonyl (C=O) groups is 1. The molecule has 21 heavy (non-hydrogen) atoms. The highest BCUT2D eigenvalue weighted by molar-refractivity contribution is 5.94. The second kappa shape index (κ2) is 7.78. The maximum Gasteiger partial charge on any atom is 0.255 e. The summed E-state index contributed by atoms with van der Waals surface area (Å²) in [7, 11) is 1.71. The van der Waals surface area contributed by atoms with Crippen molar-refractivity contribution in [3.8, 4) is 0 Å². The average molecular weight is 289 g/mol. The molecule has 1 saturated heterocycles. The number of nitrogens with one attached hydrogen (secondary N) is 1. The molecule has 1 N–H and O–H groups in total. The number of ether oxygens (including phenoxy) is 1. The van der Waals surface area contributed by atoms with Gasteiger partial charge in [-0.05, 0) is 30.9 Å². The van der Waals surface area contributed by atoms with Crippen molar-refractivity contribution in [3.05, 3.63) is 36.5 Å². The number of nitrogens with zero attached hydrogens (tertiary/aromatic N) is 2. The molecule has 1 amide bonds. The fourth-order valence-corrected chi connectivity index (χ4v) is 2.61. The summed E-state index contributed by atoms with van der Waals surface area (Å²) < 4.78 is 5.20. The Balaban J connectivity index is 1.97. The van der Waals surface area contributed by atoms with Crippen LogP contribution >= 0.6 is 0 Å². The Morgan fingerprint density at radius 2 is 2.48 bits per heavy atom. The molecule has 1 aromatic rings. The van der Waals surface area contributed by atoms with Gasteiger partial charge in [-0.2, -0.15) is 0 Å². The maximum atomic E-state index is 12.5. The number of pyridine rings is 1. The smallest absolute Gasteiger partial charge is 0.255 e. The SMILES string of the molecule is C=CCNc1ccc(C(=O)N2CCC[C@H](COC)C2)cn1. The predicted molar refractivity (Wildman–Crippen MR) is 83.4 cm³/mol. The minimum atomic E-state index is 0.0542. The van der Waals surface area contributed by atoms with Crippen LogP contribution in [0.1, 0.15) is 23.2 Å². The van der Waals surface area contributed by atoms with Gasteiger partial charge in [0.2, 0.25) is 0 Å². The van der Waals surface area contributed by atoms with Crippen LogP contribution in [0.4, 0.5) is 5.82 Å². The van der Waals surface area contributed by atoms with E-state index in [0.717, 1.165) is 31.7 Å². The first-order valence-corrected chi connectivity index (χ1v) is 7.33. The summed E-state index contributed by atoms with van der Waals surface area (Å²) in [6, 6.07) is 3.65. The number of likely N-dealkylation sites (tertiary alicyclic amines) is 1. The van der Waals surface area contributed by atoms with E-state index in [1.807, 2.05) is 17.0 Å². The van der Waals surface area contributed by atoms with E-state index in [-0.39, 0.29) is 5.91 Å². The molecule has 2 rings (SSSR count). The van der Waals surface area contributed by atoms with Gasteiger partial charge in [-0.25, -0.2) is 4.98 Å². The van der Waals surface area contributed by atoms with Crippen molar-refractivity contribution in [2.24, 2.45) is 5.92 Å². The summed E-state index contributed by atoms with van der Waals surface area (Å²) in [4.78, 5) is 18.6. The van der Waals surface area contributed by atoms with Gasteiger partial charge < -0.3 is 15.0 Å². The highest BCUT2D eigenvalue weighted by atomic mass is 16.5. The molecule has 0 bridgehead atoms. The first-order valence-electron chi connectivity index (χ1n) is 7.33. The highest BCUT2D eigenvalue weighted by Crippen LogP contribution is 2.19. The van der Waals surface area contributed by atoms with E-state index >= 15 is 0 Å². The zero-order chi connectivity index (χ0) is 15.1. The summed E-state index contributed by atoms with van der Waals surface area (Å²) in [5, 5.41) is 3.09. The molecule has 0 radical (unpaired) electrons. The van der Waals surface area contributed by atoms with Crippen LogP contribution in [-0.2, 0) is 4.74 Å². The number of anilines is 1. The van der Waals surface area contributed by atoms with Gasteiger partial charge in [0.05, 0.1) is 12.2 Å². The van der Waals surface area contributed by atoms with Crippen molar-refractivity contribution in [2.75, 3.05) is 38.7 Å². The number of methoxy groups -OCH3 is 1. The summed E-state index contributed by atoms with van der Waals surface area (Å²) in [6.45, 7) is 6.60. The number of carbonyl (C=O) groups excluding carboxylic acids is 1. The van der Waals surface area contributed by atoms with E-state index in [1.165, 1.54) is 0 Å². The van der Waals surface area contributed by atoms with Crippen LogP contribution in [0.25, 0.3) is 0 Å². The number of aromatic nitrogens is 1. The van der Waals surface area contributed by atoms with E-state index in [4.69, 9.17) is 4.74 Å². The predicted octanol–water partition coefficient (Wildman–Crippen LogP) is 2.18. The molecule has 1 aliphatic rings. The fraction of sp³-hybridized carbons (Fsp3) is 0.500. The molecule has 1 aliphatic heterocycles. The van der Waals surface area contributed by atoms with Crippen LogP contribution in [0.2, 0.25) is 0 Å². The van der Waals surface area contributed by atoms with Crippen molar-refractivity contribution in [2.45, 2.75) is 12.8 Å². The van der Waals surface area contributed by atoms with Crippen molar-refractivity contribution in [3.63, 3.8) is 0 Å². The molecule has 2 heterocycles. The third-order valence-electron chi connectivity index (χ3n) is 3.65. The topological polar surface area (TPSA) is 54.5 Å². The minimum Gasteiger partial charge on any atom is -0.384 e.